The quantitative estimate of drug-likeness (QED) is 0.518. The lowest BCUT2D eigenvalue weighted by Gasteiger charge is -2.19. The molecule has 0 fully saturated rings. The van der Waals surface area contributed by atoms with Crippen LogP contribution in [0.15, 0.2) is 0 Å². The van der Waals surface area contributed by atoms with Gasteiger partial charge in [-0.3, -0.25) is 0 Å². The Bertz CT molecular complexity index is 134. The molecule has 0 aromatic carbocycles. The highest BCUT2D eigenvalue weighted by molar-refractivity contribution is 4.61. The van der Waals surface area contributed by atoms with Crippen LogP contribution < -0.4 is 5.32 Å². The van der Waals surface area contributed by atoms with Gasteiger partial charge < -0.3 is 20.1 Å². The monoisotopic (exact) mass is 218 g/mol. The third-order valence-corrected chi connectivity index (χ3v) is 2.20. The summed E-state index contributed by atoms with van der Waals surface area (Å²) < 4.78 is 4.87. The van der Waals surface area contributed by atoms with E-state index < -0.39 is 0 Å². The molecule has 15 heavy (non-hydrogen) atoms. The smallest absolute Gasteiger partial charge is 0.0899 e. The Labute approximate surface area is 93.6 Å². The highest BCUT2D eigenvalue weighted by Gasteiger charge is 2.06. The standard InChI is InChI=1S/C11H26N2O2/c1-4-6-12-7-5-8-13(2)9-11(14)10-15-3/h11-12,14H,4-10H2,1-3H3. The van der Waals surface area contributed by atoms with Crippen LogP contribution in [0.2, 0.25) is 0 Å². The van der Waals surface area contributed by atoms with Gasteiger partial charge in [-0.05, 0) is 39.5 Å². The van der Waals surface area contributed by atoms with Crippen LogP contribution in [0.5, 0.6) is 0 Å². The Morgan fingerprint density at radius 2 is 2.13 bits per heavy atom. The van der Waals surface area contributed by atoms with Crippen molar-refractivity contribution in [3.63, 3.8) is 0 Å². The van der Waals surface area contributed by atoms with E-state index in [0.29, 0.717) is 13.2 Å². The molecule has 0 aromatic heterocycles. The van der Waals surface area contributed by atoms with Crippen molar-refractivity contribution in [2.24, 2.45) is 0 Å². The SMILES string of the molecule is CCCNCCCN(C)CC(O)COC. The fourth-order valence-corrected chi connectivity index (χ4v) is 1.47. The lowest BCUT2D eigenvalue weighted by Crippen LogP contribution is -2.33. The van der Waals surface area contributed by atoms with Crippen LogP contribution in [0, 0.1) is 0 Å². The number of rotatable bonds is 10. The molecule has 0 saturated carbocycles. The Hall–Kier alpha value is -0.160. The molecule has 0 saturated heterocycles. The summed E-state index contributed by atoms with van der Waals surface area (Å²) in [6.07, 6.45) is 1.93. The van der Waals surface area contributed by atoms with Crippen LogP contribution in [0.1, 0.15) is 19.8 Å². The summed E-state index contributed by atoms with van der Waals surface area (Å²) in [6.45, 7) is 6.42. The number of nitrogens with zero attached hydrogens (tertiary/aromatic N) is 1. The molecule has 0 aliphatic heterocycles. The number of aliphatic hydroxyl groups excluding tert-OH is 1. The molecule has 0 aromatic rings. The first kappa shape index (κ1) is 14.8. The van der Waals surface area contributed by atoms with Crippen LogP contribution >= 0.6 is 0 Å². The number of hydrogen-bond acceptors (Lipinski definition) is 4. The number of ether oxygens (including phenoxy) is 1. The maximum Gasteiger partial charge on any atom is 0.0899 e. The van der Waals surface area contributed by atoms with E-state index in [1.807, 2.05) is 7.05 Å². The first-order valence-corrected chi connectivity index (χ1v) is 5.77. The van der Waals surface area contributed by atoms with Crippen LogP contribution in [0.3, 0.4) is 0 Å². The molecule has 2 N–H and O–H groups in total. The number of methoxy groups -OCH3 is 1. The normalized spacial score (nSPS) is 13.4. The molecule has 0 radical (unpaired) electrons. The predicted molar refractivity (Wildman–Crippen MR) is 63.2 cm³/mol. The molecule has 1 unspecified atom stereocenters. The van der Waals surface area contributed by atoms with Gasteiger partial charge in [-0.2, -0.15) is 0 Å². The first-order chi connectivity index (χ1) is 7.20. The van der Waals surface area contributed by atoms with Crippen molar-refractivity contribution in [2.45, 2.75) is 25.9 Å². The second kappa shape index (κ2) is 10.4. The molecular formula is C11H26N2O2. The van der Waals surface area contributed by atoms with Gasteiger partial charge in [0.1, 0.15) is 0 Å². The van der Waals surface area contributed by atoms with E-state index in [1.54, 1.807) is 7.11 Å². The summed E-state index contributed by atoms with van der Waals surface area (Å²) in [6, 6.07) is 0. The van der Waals surface area contributed by atoms with Gasteiger partial charge >= 0.3 is 0 Å². The molecule has 4 nitrogen and oxygen atoms in total. The van der Waals surface area contributed by atoms with Gasteiger partial charge in [0.15, 0.2) is 0 Å². The lowest BCUT2D eigenvalue weighted by atomic mass is 10.3. The van der Waals surface area contributed by atoms with Crippen molar-refractivity contribution in [2.75, 3.05) is 46.9 Å². The third kappa shape index (κ3) is 10.1. The van der Waals surface area contributed by atoms with E-state index >= 15 is 0 Å². The van der Waals surface area contributed by atoms with E-state index in [2.05, 4.69) is 17.1 Å². The zero-order valence-electron chi connectivity index (χ0n) is 10.3. The van der Waals surface area contributed by atoms with Gasteiger partial charge in [0.25, 0.3) is 0 Å². The summed E-state index contributed by atoms with van der Waals surface area (Å²) in [7, 11) is 3.64. The summed E-state index contributed by atoms with van der Waals surface area (Å²) in [5, 5.41) is 12.8. The summed E-state index contributed by atoms with van der Waals surface area (Å²) in [5.74, 6) is 0. The maximum atomic E-state index is 9.48. The van der Waals surface area contributed by atoms with Crippen LogP contribution in [-0.2, 0) is 4.74 Å². The zero-order valence-corrected chi connectivity index (χ0v) is 10.3. The molecule has 4 heteroatoms. The van der Waals surface area contributed by atoms with E-state index in [9.17, 15) is 5.11 Å². The molecule has 1 atom stereocenters. The van der Waals surface area contributed by atoms with Crippen molar-refractivity contribution >= 4 is 0 Å². The highest BCUT2D eigenvalue weighted by Crippen LogP contribution is 1.92. The number of nitrogens with one attached hydrogen (secondary N) is 1. The Balaban J connectivity index is 3.28. The Morgan fingerprint density at radius 3 is 2.73 bits per heavy atom. The van der Waals surface area contributed by atoms with Gasteiger partial charge in [0.05, 0.1) is 12.7 Å². The predicted octanol–water partition coefficient (Wildman–Crippen LogP) is 0.315. The molecule has 0 spiro atoms. The molecular weight excluding hydrogens is 192 g/mol. The molecule has 0 heterocycles. The minimum absolute atomic E-state index is 0.372. The van der Waals surface area contributed by atoms with E-state index in [0.717, 1.165) is 26.1 Å². The maximum absolute atomic E-state index is 9.48. The summed E-state index contributed by atoms with van der Waals surface area (Å²) >= 11 is 0. The second-order valence-corrected chi connectivity index (χ2v) is 3.97. The van der Waals surface area contributed by atoms with Crippen molar-refractivity contribution in [1.29, 1.82) is 0 Å². The van der Waals surface area contributed by atoms with Gasteiger partial charge in [-0.1, -0.05) is 6.92 Å². The minimum Gasteiger partial charge on any atom is -0.389 e. The number of likely N-dealkylation sites (N-methyl/N-ethyl adjacent to an activating group) is 1. The Morgan fingerprint density at radius 1 is 1.40 bits per heavy atom. The molecule has 0 aliphatic rings. The zero-order chi connectivity index (χ0) is 11.5. The average molecular weight is 218 g/mol. The van der Waals surface area contributed by atoms with Gasteiger partial charge in [0.2, 0.25) is 0 Å². The summed E-state index contributed by atoms with van der Waals surface area (Å²) in [4.78, 5) is 2.14. The van der Waals surface area contributed by atoms with Gasteiger partial charge in [-0.25, -0.2) is 0 Å². The van der Waals surface area contributed by atoms with Crippen LogP contribution in [0.25, 0.3) is 0 Å². The molecule has 92 valence electrons. The molecule has 0 aliphatic carbocycles. The van der Waals surface area contributed by atoms with E-state index in [1.165, 1.54) is 6.42 Å². The largest absolute Gasteiger partial charge is 0.389 e. The summed E-state index contributed by atoms with van der Waals surface area (Å²) in [5.41, 5.74) is 0. The topological polar surface area (TPSA) is 44.7 Å². The first-order valence-electron chi connectivity index (χ1n) is 5.77. The van der Waals surface area contributed by atoms with Crippen molar-refractivity contribution < 1.29 is 9.84 Å². The van der Waals surface area contributed by atoms with Crippen molar-refractivity contribution in [3.05, 3.63) is 0 Å². The third-order valence-electron chi connectivity index (χ3n) is 2.20. The van der Waals surface area contributed by atoms with Crippen molar-refractivity contribution in [3.8, 4) is 0 Å². The molecule has 0 bridgehead atoms. The van der Waals surface area contributed by atoms with Crippen molar-refractivity contribution in [1.82, 2.24) is 10.2 Å². The van der Waals surface area contributed by atoms with Crippen LogP contribution in [-0.4, -0.2) is 63.1 Å². The van der Waals surface area contributed by atoms with Gasteiger partial charge in [0, 0.05) is 13.7 Å². The van der Waals surface area contributed by atoms with Crippen LogP contribution in [0.4, 0.5) is 0 Å². The van der Waals surface area contributed by atoms with E-state index in [-0.39, 0.29) is 6.10 Å². The molecule has 0 amide bonds. The fourth-order valence-electron chi connectivity index (χ4n) is 1.47. The van der Waals surface area contributed by atoms with E-state index in [4.69, 9.17) is 4.74 Å². The minimum atomic E-state index is -0.372. The second-order valence-electron chi connectivity index (χ2n) is 3.97. The van der Waals surface area contributed by atoms with Gasteiger partial charge in [-0.15, -0.1) is 0 Å². The number of hydrogen-bond donors (Lipinski definition) is 2. The Kier molecular flexibility index (Phi) is 10.3. The lowest BCUT2D eigenvalue weighted by molar-refractivity contribution is 0.0431. The average Bonchev–Trinajstić information content (AvgIpc) is 2.17. The number of aliphatic hydroxyl groups is 1. The fraction of sp³-hybridized carbons (Fsp3) is 1.00. The molecule has 0 rings (SSSR count). The highest BCUT2D eigenvalue weighted by atomic mass is 16.5.